The van der Waals surface area contributed by atoms with Crippen molar-refractivity contribution in [3.8, 4) is 0 Å². The predicted molar refractivity (Wildman–Crippen MR) is 71.2 cm³/mol. The van der Waals surface area contributed by atoms with Crippen molar-refractivity contribution in [2.45, 2.75) is 33.1 Å². The average Bonchev–Trinajstić information content (AvgIpc) is 2.27. The minimum Gasteiger partial charge on any atom is -0.465 e. The molecular weight excluding hydrogens is 216 g/mol. The Bertz CT molecular complexity index is 196. The van der Waals surface area contributed by atoms with E-state index in [1.165, 1.54) is 0 Å². The quantitative estimate of drug-likeness (QED) is 0.432. The third-order valence-electron chi connectivity index (χ3n) is 2.64. The van der Waals surface area contributed by atoms with Crippen molar-refractivity contribution in [1.29, 1.82) is 0 Å². The highest BCUT2D eigenvalue weighted by Gasteiger charge is 2.09. The molecule has 0 rings (SSSR count). The molecule has 0 aliphatic carbocycles. The normalized spacial score (nSPS) is 11.2. The molecule has 0 bridgehead atoms. The summed E-state index contributed by atoms with van der Waals surface area (Å²) in [6, 6.07) is 0. The van der Waals surface area contributed by atoms with Crippen LogP contribution in [0.25, 0.3) is 0 Å². The fourth-order valence-corrected chi connectivity index (χ4v) is 1.52. The number of carbonyl (C=O) groups is 1. The van der Waals surface area contributed by atoms with Crippen LogP contribution in [0.5, 0.6) is 0 Å². The first-order chi connectivity index (χ1) is 8.10. The third-order valence-corrected chi connectivity index (χ3v) is 2.64. The Morgan fingerprint density at radius 2 is 1.82 bits per heavy atom. The van der Waals surface area contributed by atoms with E-state index >= 15 is 0 Å². The zero-order valence-corrected chi connectivity index (χ0v) is 11.9. The summed E-state index contributed by atoms with van der Waals surface area (Å²) in [6.07, 6.45) is 3.11. The van der Waals surface area contributed by atoms with Crippen molar-refractivity contribution in [2.24, 2.45) is 0 Å². The standard InChI is InChI=1S/C13H28N2O2/c1-5-7-11-17-13(16)12-15(6-2)10-8-9-14(3)4/h5-12H2,1-4H3. The van der Waals surface area contributed by atoms with Gasteiger partial charge in [-0.15, -0.1) is 0 Å². The van der Waals surface area contributed by atoms with Gasteiger partial charge in [-0.1, -0.05) is 20.3 Å². The van der Waals surface area contributed by atoms with Crippen molar-refractivity contribution in [2.75, 3.05) is 46.9 Å². The van der Waals surface area contributed by atoms with Gasteiger partial charge >= 0.3 is 5.97 Å². The highest BCUT2D eigenvalue weighted by molar-refractivity contribution is 5.71. The number of hydrogen-bond acceptors (Lipinski definition) is 4. The fraction of sp³-hybridized carbons (Fsp3) is 0.923. The number of unbranched alkanes of at least 4 members (excludes halogenated alkanes) is 1. The number of nitrogens with zero attached hydrogens (tertiary/aromatic N) is 2. The highest BCUT2D eigenvalue weighted by Crippen LogP contribution is 1.95. The van der Waals surface area contributed by atoms with E-state index in [0.29, 0.717) is 13.2 Å². The van der Waals surface area contributed by atoms with E-state index in [9.17, 15) is 4.79 Å². The van der Waals surface area contributed by atoms with Gasteiger partial charge in [0.15, 0.2) is 0 Å². The van der Waals surface area contributed by atoms with Crippen molar-refractivity contribution in [3.05, 3.63) is 0 Å². The molecule has 0 aromatic carbocycles. The maximum atomic E-state index is 11.5. The number of ether oxygens (including phenoxy) is 1. The van der Waals surface area contributed by atoms with E-state index in [1.54, 1.807) is 0 Å². The zero-order chi connectivity index (χ0) is 13.1. The summed E-state index contributed by atoms with van der Waals surface area (Å²) in [5, 5.41) is 0. The smallest absolute Gasteiger partial charge is 0.320 e. The number of hydrogen-bond donors (Lipinski definition) is 0. The molecule has 0 unspecified atom stereocenters. The Kier molecular flexibility index (Phi) is 10.2. The summed E-state index contributed by atoms with van der Waals surface area (Å²) in [7, 11) is 4.13. The molecule has 0 saturated heterocycles. The van der Waals surface area contributed by atoms with Crippen LogP contribution >= 0.6 is 0 Å². The van der Waals surface area contributed by atoms with E-state index in [-0.39, 0.29) is 5.97 Å². The van der Waals surface area contributed by atoms with Crippen LogP contribution in [0.4, 0.5) is 0 Å². The van der Waals surface area contributed by atoms with E-state index in [2.05, 4.69) is 37.7 Å². The highest BCUT2D eigenvalue weighted by atomic mass is 16.5. The van der Waals surface area contributed by atoms with Gasteiger partial charge in [-0.3, -0.25) is 9.69 Å². The summed E-state index contributed by atoms with van der Waals surface area (Å²) >= 11 is 0. The van der Waals surface area contributed by atoms with Gasteiger partial charge in [0, 0.05) is 0 Å². The lowest BCUT2D eigenvalue weighted by molar-refractivity contribution is -0.145. The maximum Gasteiger partial charge on any atom is 0.320 e. The van der Waals surface area contributed by atoms with Gasteiger partial charge in [0.1, 0.15) is 0 Å². The van der Waals surface area contributed by atoms with E-state index in [0.717, 1.165) is 38.9 Å². The Balaban J connectivity index is 3.68. The molecule has 0 heterocycles. The molecule has 4 nitrogen and oxygen atoms in total. The topological polar surface area (TPSA) is 32.8 Å². The number of carbonyl (C=O) groups excluding carboxylic acids is 1. The molecule has 0 fully saturated rings. The van der Waals surface area contributed by atoms with Crippen LogP contribution in [0.15, 0.2) is 0 Å². The molecule has 0 aromatic heterocycles. The first kappa shape index (κ1) is 16.4. The van der Waals surface area contributed by atoms with Gasteiger partial charge in [-0.2, -0.15) is 0 Å². The minimum absolute atomic E-state index is 0.0925. The summed E-state index contributed by atoms with van der Waals surface area (Å²) < 4.78 is 5.15. The molecule has 102 valence electrons. The molecule has 0 aromatic rings. The van der Waals surface area contributed by atoms with Crippen molar-refractivity contribution in [1.82, 2.24) is 9.80 Å². The van der Waals surface area contributed by atoms with Crippen LogP contribution in [0.3, 0.4) is 0 Å². The zero-order valence-electron chi connectivity index (χ0n) is 11.9. The van der Waals surface area contributed by atoms with Gasteiger partial charge in [-0.05, 0) is 46.6 Å². The van der Waals surface area contributed by atoms with E-state index < -0.39 is 0 Å². The van der Waals surface area contributed by atoms with Crippen LogP contribution in [-0.2, 0) is 9.53 Å². The molecule has 0 aliphatic rings. The number of esters is 1. The van der Waals surface area contributed by atoms with Gasteiger partial charge < -0.3 is 9.64 Å². The molecule has 0 N–H and O–H groups in total. The monoisotopic (exact) mass is 244 g/mol. The predicted octanol–water partition coefficient (Wildman–Crippen LogP) is 1.60. The number of likely N-dealkylation sites (N-methyl/N-ethyl adjacent to an activating group) is 1. The molecule has 0 amide bonds. The lowest BCUT2D eigenvalue weighted by Gasteiger charge is -2.20. The van der Waals surface area contributed by atoms with Crippen molar-refractivity contribution >= 4 is 5.97 Å². The second-order valence-corrected chi connectivity index (χ2v) is 4.60. The Morgan fingerprint density at radius 3 is 2.35 bits per heavy atom. The molecule has 0 saturated carbocycles. The van der Waals surface area contributed by atoms with Gasteiger partial charge in [0.25, 0.3) is 0 Å². The Labute approximate surface area is 106 Å². The summed E-state index contributed by atoms with van der Waals surface area (Å²) in [5.74, 6) is -0.0925. The largest absolute Gasteiger partial charge is 0.465 e. The second kappa shape index (κ2) is 10.5. The molecule has 0 atom stereocenters. The lowest BCUT2D eigenvalue weighted by Crippen LogP contribution is -2.33. The minimum atomic E-state index is -0.0925. The van der Waals surface area contributed by atoms with Gasteiger partial charge in [0.05, 0.1) is 13.2 Å². The fourth-order valence-electron chi connectivity index (χ4n) is 1.52. The van der Waals surface area contributed by atoms with Crippen LogP contribution < -0.4 is 0 Å². The summed E-state index contributed by atoms with van der Waals surface area (Å²) in [4.78, 5) is 15.8. The van der Waals surface area contributed by atoms with E-state index in [4.69, 9.17) is 4.74 Å². The van der Waals surface area contributed by atoms with E-state index in [1.807, 2.05) is 0 Å². The maximum absolute atomic E-state index is 11.5. The van der Waals surface area contributed by atoms with Crippen molar-refractivity contribution in [3.63, 3.8) is 0 Å². The third kappa shape index (κ3) is 10.3. The molecule has 4 heteroatoms. The Morgan fingerprint density at radius 1 is 1.12 bits per heavy atom. The average molecular weight is 244 g/mol. The SMILES string of the molecule is CCCCOC(=O)CN(CC)CCCN(C)C. The van der Waals surface area contributed by atoms with Gasteiger partial charge in [-0.25, -0.2) is 0 Å². The first-order valence-corrected chi connectivity index (χ1v) is 6.62. The summed E-state index contributed by atoms with van der Waals surface area (Å²) in [6.45, 7) is 8.07. The lowest BCUT2D eigenvalue weighted by atomic mass is 10.3. The summed E-state index contributed by atoms with van der Waals surface area (Å²) in [5.41, 5.74) is 0. The van der Waals surface area contributed by atoms with Crippen molar-refractivity contribution < 1.29 is 9.53 Å². The first-order valence-electron chi connectivity index (χ1n) is 6.62. The molecule has 17 heavy (non-hydrogen) atoms. The van der Waals surface area contributed by atoms with Crippen LogP contribution in [0, 0.1) is 0 Å². The molecule has 0 aliphatic heterocycles. The molecule has 0 radical (unpaired) electrons. The van der Waals surface area contributed by atoms with Crippen LogP contribution in [0.2, 0.25) is 0 Å². The molecule has 0 spiro atoms. The van der Waals surface area contributed by atoms with Crippen LogP contribution in [-0.4, -0.2) is 62.7 Å². The Hall–Kier alpha value is -0.610. The second-order valence-electron chi connectivity index (χ2n) is 4.60. The van der Waals surface area contributed by atoms with Gasteiger partial charge in [0.2, 0.25) is 0 Å². The molecular formula is C13H28N2O2. The van der Waals surface area contributed by atoms with Crippen LogP contribution in [0.1, 0.15) is 33.1 Å². The number of rotatable bonds is 10.